The van der Waals surface area contributed by atoms with E-state index in [0.29, 0.717) is 6.61 Å². The first-order valence-electron chi connectivity index (χ1n) is 7.77. The van der Waals surface area contributed by atoms with Crippen molar-refractivity contribution >= 4 is 5.91 Å². The van der Waals surface area contributed by atoms with Crippen molar-refractivity contribution in [3.8, 4) is 0 Å². The second kappa shape index (κ2) is 6.92. The summed E-state index contributed by atoms with van der Waals surface area (Å²) in [6.45, 7) is 0.635. The summed E-state index contributed by atoms with van der Waals surface area (Å²) in [7, 11) is 1.48. The van der Waals surface area contributed by atoms with Crippen molar-refractivity contribution in [1.82, 2.24) is 15.1 Å². The standard InChI is InChI=1S/C17H18FN3O3/c1-21-15(22)9-8-13(20-21)17(23)19-16(14-3-2-10-24-14)11-4-6-12(18)7-5-11/h4-9,14,16H,2-3,10H2,1H3,(H,19,23)/t14-,16-/m0/s1. The minimum Gasteiger partial charge on any atom is -0.376 e. The molecule has 1 amide bonds. The Balaban J connectivity index is 1.85. The number of nitrogens with zero attached hydrogens (tertiary/aromatic N) is 2. The Morgan fingerprint density at radius 1 is 1.33 bits per heavy atom. The van der Waals surface area contributed by atoms with Gasteiger partial charge in [0.1, 0.15) is 11.5 Å². The van der Waals surface area contributed by atoms with Crippen molar-refractivity contribution in [1.29, 1.82) is 0 Å². The fourth-order valence-electron chi connectivity index (χ4n) is 2.77. The number of nitrogens with one attached hydrogen (secondary N) is 1. The van der Waals surface area contributed by atoms with E-state index < -0.39 is 11.9 Å². The van der Waals surface area contributed by atoms with Gasteiger partial charge < -0.3 is 10.1 Å². The zero-order valence-corrected chi connectivity index (χ0v) is 13.2. The van der Waals surface area contributed by atoms with Gasteiger partial charge in [-0.3, -0.25) is 9.59 Å². The van der Waals surface area contributed by atoms with Crippen LogP contribution >= 0.6 is 0 Å². The lowest BCUT2D eigenvalue weighted by Crippen LogP contribution is -2.37. The van der Waals surface area contributed by atoms with Gasteiger partial charge in [-0.1, -0.05) is 12.1 Å². The summed E-state index contributed by atoms with van der Waals surface area (Å²) in [6.07, 6.45) is 1.55. The maximum Gasteiger partial charge on any atom is 0.272 e. The summed E-state index contributed by atoms with van der Waals surface area (Å²) in [5.74, 6) is -0.744. The van der Waals surface area contributed by atoms with Gasteiger partial charge in [0.25, 0.3) is 11.5 Å². The number of amides is 1. The van der Waals surface area contributed by atoms with Crippen LogP contribution in [0.5, 0.6) is 0 Å². The quantitative estimate of drug-likeness (QED) is 0.923. The van der Waals surface area contributed by atoms with Crippen LogP contribution in [0.25, 0.3) is 0 Å². The molecule has 6 nitrogen and oxygen atoms in total. The average Bonchev–Trinajstić information content (AvgIpc) is 3.10. The number of hydrogen-bond acceptors (Lipinski definition) is 4. The van der Waals surface area contributed by atoms with E-state index in [0.717, 1.165) is 23.1 Å². The fourth-order valence-corrected chi connectivity index (χ4v) is 2.77. The third kappa shape index (κ3) is 3.51. The minimum absolute atomic E-state index is 0.141. The molecule has 1 fully saturated rings. The van der Waals surface area contributed by atoms with Gasteiger partial charge in [-0.2, -0.15) is 5.10 Å². The second-order valence-electron chi connectivity index (χ2n) is 5.73. The Morgan fingerprint density at radius 3 is 2.71 bits per heavy atom. The Morgan fingerprint density at radius 2 is 2.08 bits per heavy atom. The second-order valence-corrected chi connectivity index (χ2v) is 5.73. The number of ether oxygens (including phenoxy) is 1. The van der Waals surface area contributed by atoms with Gasteiger partial charge in [-0.25, -0.2) is 9.07 Å². The summed E-state index contributed by atoms with van der Waals surface area (Å²) in [6, 6.07) is 8.25. The summed E-state index contributed by atoms with van der Waals surface area (Å²) in [5.41, 5.74) is 0.615. The molecular weight excluding hydrogens is 313 g/mol. The predicted molar refractivity (Wildman–Crippen MR) is 85.1 cm³/mol. The molecule has 0 spiro atoms. The summed E-state index contributed by atoms with van der Waals surface area (Å²) in [4.78, 5) is 23.9. The number of aromatic nitrogens is 2. The molecule has 0 saturated carbocycles. The van der Waals surface area contributed by atoms with Crippen LogP contribution in [0.1, 0.15) is 34.9 Å². The van der Waals surface area contributed by atoms with Crippen molar-refractivity contribution in [2.24, 2.45) is 7.05 Å². The van der Waals surface area contributed by atoms with E-state index in [4.69, 9.17) is 4.74 Å². The summed E-state index contributed by atoms with van der Waals surface area (Å²) >= 11 is 0. The van der Waals surface area contributed by atoms with Crippen LogP contribution < -0.4 is 10.9 Å². The van der Waals surface area contributed by atoms with Gasteiger partial charge in [0, 0.05) is 19.7 Å². The highest BCUT2D eigenvalue weighted by atomic mass is 19.1. The van der Waals surface area contributed by atoms with Crippen molar-refractivity contribution in [2.45, 2.75) is 25.0 Å². The predicted octanol–water partition coefficient (Wildman–Crippen LogP) is 1.57. The molecule has 1 saturated heterocycles. The van der Waals surface area contributed by atoms with E-state index in [1.165, 1.54) is 31.3 Å². The maximum atomic E-state index is 13.2. The first-order chi connectivity index (χ1) is 11.5. The van der Waals surface area contributed by atoms with Crippen LogP contribution in [0.4, 0.5) is 4.39 Å². The molecule has 1 N–H and O–H groups in total. The molecule has 24 heavy (non-hydrogen) atoms. The van der Waals surface area contributed by atoms with Crippen molar-refractivity contribution in [3.63, 3.8) is 0 Å². The smallest absolute Gasteiger partial charge is 0.272 e. The first-order valence-corrected chi connectivity index (χ1v) is 7.77. The average molecular weight is 331 g/mol. The zero-order chi connectivity index (χ0) is 17.1. The molecule has 2 aromatic rings. The SMILES string of the molecule is Cn1nc(C(=O)N[C@@H](c2ccc(F)cc2)[C@@H]2CCCO2)ccc1=O. The number of carbonyl (C=O) groups excluding carboxylic acids is 1. The molecule has 3 rings (SSSR count). The van der Waals surface area contributed by atoms with E-state index in [-0.39, 0.29) is 23.2 Å². The topological polar surface area (TPSA) is 73.2 Å². The third-order valence-electron chi connectivity index (χ3n) is 4.05. The van der Waals surface area contributed by atoms with Crippen LogP contribution in [-0.2, 0) is 11.8 Å². The lowest BCUT2D eigenvalue weighted by Gasteiger charge is -2.24. The van der Waals surface area contributed by atoms with E-state index in [2.05, 4.69) is 10.4 Å². The number of aryl methyl sites for hydroxylation is 1. The van der Waals surface area contributed by atoms with E-state index in [1.54, 1.807) is 12.1 Å². The van der Waals surface area contributed by atoms with Gasteiger partial charge >= 0.3 is 0 Å². The molecule has 1 aromatic heterocycles. The van der Waals surface area contributed by atoms with Gasteiger partial charge in [0.15, 0.2) is 0 Å². The fraction of sp³-hybridized carbons (Fsp3) is 0.353. The molecule has 126 valence electrons. The highest BCUT2D eigenvalue weighted by Crippen LogP contribution is 2.27. The molecule has 2 atom stereocenters. The Hall–Kier alpha value is -2.54. The minimum atomic E-state index is -0.407. The third-order valence-corrected chi connectivity index (χ3v) is 4.05. The normalized spacial score (nSPS) is 18.3. The molecule has 0 unspecified atom stereocenters. The van der Waals surface area contributed by atoms with Crippen LogP contribution in [0, 0.1) is 5.82 Å². The van der Waals surface area contributed by atoms with Gasteiger partial charge in [-0.05, 0) is 36.6 Å². The summed E-state index contributed by atoms with van der Waals surface area (Å²) in [5, 5.41) is 6.84. The molecule has 0 radical (unpaired) electrons. The molecule has 1 aliphatic heterocycles. The largest absolute Gasteiger partial charge is 0.376 e. The maximum absolute atomic E-state index is 13.2. The van der Waals surface area contributed by atoms with Gasteiger partial charge in [-0.15, -0.1) is 0 Å². The number of benzene rings is 1. The van der Waals surface area contributed by atoms with Gasteiger partial charge in [0.05, 0.1) is 12.1 Å². The molecule has 2 heterocycles. The number of rotatable bonds is 4. The highest BCUT2D eigenvalue weighted by Gasteiger charge is 2.29. The van der Waals surface area contributed by atoms with Crippen LogP contribution in [0.3, 0.4) is 0 Å². The van der Waals surface area contributed by atoms with E-state index in [1.807, 2.05) is 0 Å². The monoisotopic (exact) mass is 331 g/mol. The lowest BCUT2D eigenvalue weighted by atomic mass is 9.99. The Labute approximate surface area is 138 Å². The number of carbonyl (C=O) groups is 1. The highest BCUT2D eigenvalue weighted by molar-refractivity contribution is 5.92. The van der Waals surface area contributed by atoms with Crippen molar-refractivity contribution < 1.29 is 13.9 Å². The number of hydrogen-bond donors (Lipinski definition) is 1. The van der Waals surface area contributed by atoms with E-state index >= 15 is 0 Å². The molecule has 1 aromatic carbocycles. The molecular formula is C17H18FN3O3. The Kier molecular flexibility index (Phi) is 4.71. The first kappa shape index (κ1) is 16.3. The van der Waals surface area contributed by atoms with Gasteiger partial charge in [0.2, 0.25) is 0 Å². The molecule has 1 aliphatic rings. The van der Waals surface area contributed by atoms with Crippen LogP contribution in [-0.4, -0.2) is 28.4 Å². The van der Waals surface area contributed by atoms with Crippen molar-refractivity contribution in [2.75, 3.05) is 6.61 Å². The van der Waals surface area contributed by atoms with Crippen molar-refractivity contribution in [3.05, 3.63) is 63.8 Å². The number of halogens is 1. The van der Waals surface area contributed by atoms with E-state index in [9.17, 15) is 14.0 Å². The van der Waals surface area contributed by atoms with Crippen LogP contribution in [0.2, 0.25) is 0 Å². The molecule has 0 bridgehead atoms. The lowest BCUT2D eigenvalue weighted by molar-refractivity contribution is 0.0668. The van der Waals surface area contributed by atoms with Crippen LogP contribution in [0.15, 0.2) is 41.2 Å². The Bertz CT molecular complexity index is 782. The molecule has 0 aliphatic carbocycles. The zero-order valence-electron chi connectivity index (χ0n) is 13.2. The molecule has 7 heteroatoms. The summed E-state index contributed by atoms with van der Waals surface area (Å²) < 4.78 is 20.0.